The zero-order valence-corrected chi connectivity index (χ0v) is 19.0. The van der Waals surface area contributed by atoms with E-state index < -0.39 is 0 Å². The molecule has 3 heterocycles. The van der Waals surface area contributed by atoms with Gasteiger partial charge in [0, 0.05) is 35.5 Å². The van der Waals surface area contributed by atoms with Gasteiger partial charge in [0.1, 0.15) is 12.2 Å². The van der Waals surface area contributed by atoms with Crippen LogP contribution in [0.5, 0.6) is 0 Å². The number of aromatic amines is 1. The molecule has 8 heteroatoms. The summed E-state index contributed by atoms with van der Waals surface area (Å²) in [6.07, 6.45) is 4.93. The Labute approximate surface area is 191 Å². The fourth-order valence-electron chi connectivity index (χ4n) is 3.55. The van der Waals surface area contributed by atoms with Gasteiger partial charge >= 0.3 is 0 Å². The summed E-state index contributed by atoms with van der Waals surface area (Å²) in [5.74, 6) is 0.721. The largest absolute Gasteiger partial charge is 0.345 e. The number of carbonyl (C=O) groups is 1. The average molecular weight is 443 g/mol. The van der Waals surface area contributed by atoms with Gasteiger partial charge in [-0.3, -0.25) is 14.6 Å². The van der Waals surface area contributed by atoms with Crippen molar-refractivity contribution in [3.05, 3.63) is 94.1 Å². The molecule has 1 amide bonds. The molecule has 0 radical (unpaired) electrons. The number of rotatable bonds is 6. The van der Waals surface area contributed by atoms with Gasteiger partial charge in [-0.2, -0.15) is 5.10 Å². The molecule has 1 aromatic carbocycles. The number of benzene rings is 1. The van der Waals surface area contributed by atoms with Crippen molar-refractivity contribution in [1.82, 2.24) is 30.0 Å². The van der Waals surface area contributed by atoms with Crippen molar-refractivity contribution in [2.75, 3.05) is 0 Å². The van der Waals surface area contributed by atoms with E-state index in [9.17, 15) is 9.59 Å². The molecular formula is C25H26N6O2. The predicted molar refractivity (Wildman–Crippen MR) is 126 cm³/mol. The molecule has 0 spiro atoms. The first-order valence-electron chi connectivity index (χ1n) is 10.8. The molecule has 4 aromatic rings. The highest BCUT2D eigenvalue weighted by Crippen LogP contribution is 2.25. The molecule has 3 aromatic heterocycles. The molecule has 1 atom stereocenters. The summed E-state index contributed by atoms with van der Waals surface area (Å²) in [5.41, 5.74) is 4.45. The molecule has 8 nitrogen and oxygen atoms in total. The third kappa shape index (κ3) is 4.90. The normalized spacial score (nSPS) is 12.0. The van der Waals surface area contributed by atoms with Crippen LogP contribution in [0.4, 0.5) is 0 Å². The Balaban J connectivity index is 1.74. The highest BCUT2D eigenvalue weighted by Gasteiger charge is 2.17. The van der Waals surface area contributed by atoms with Crippen molar-refractivity contribution >= 4 is 5.91 Å². The molecule has 0 saturated heterocycles. The van der Waals surface area contributed by atoms with Crippen molar-refractivity contribution in [2.24, 2.45) is 0 Å². The average Bonchev–Trinajstić information content (AvgIpc) is 3.30. The highest BCUT2D eigenvalue weighted by molar-refractivity contribution is 5.96. The molecule has 2 N–H and O–H groups in total. The molecule has 0 bridgehead atoms. The van der Waals surface area contributed by atoms with Gasteiger partial charge in [0.15, 0.2) is 0 Å². The van der Waals surface area contributed by atoms with Gasteiger partial charge in [0.2, 0.25) is 5.56 Å². The number of hydrogen-bond donors (Lipinski definition) is 2. The number of nitrogens with one attached hydrogen (secondary N) is 2. The van der Waals surface area contributed by atoms with Crippen LogP contribution in [0.15, 0.2) is 66.0 Å². The SMILES string of the molecule is Cc1ccc(-c2cc(C(=O)NC(C)c3ccc(=O)[nH]c3)cc(-n3ncnc3C(C)C)c2)nc1. The molecule has 0 aliphatic carbocycles. The molecule has 0 aliphatic heterocycles. The van der Waals surface area contributed by atoms with Crippen LogP contribution in [0.3, 0.4) is 0 Å². The smallest absolute Gasteiger partial charge is 0.251 e. The van der Waals surface area contributed by atoms with Crippen LogP contribution >= 0.6 is 0 Å². The van der Waals surface area contributed by atoms with E-state index >= 15 is 0 Å². The van der Waals surface area contributed by atoms with E-state index in [-0.39, 0.29) is 23.4 Å². The zero-order valence-electron chi connectivity index (χ0n) is 19.0. The zero-order chi connectivity index (χ0) is 23.5. The Morgan fingerprint density at radius 1 is 1.06 bits per heavy atom. The first-order valence-corrected chi connectivity index (χ1v) is 10.8. The van der Waals surface area contributed by atoms with E-state index in [1.165, 1.54) is 12.4 Å². The van der Waals surface area contributed by atoms with Crippen LogP contribution in [0, 0.1) is 6.92 Å². The summed E-state index contributed by atoms with van der Waals surface area (Å²) in [7, 11) is 0. The van der Waals surface area contributed by atoms with E-state index in [1.807, 2.05) is 52.0 Å². The molecule has 0 fully saturated rings. The Morgan fingerprint density at radius 2 is 1.88 bits per heavy atom. The number of H-pyrrole nitrogens is 1. The molecular weight excluding hydrogens is 416 g/mol. The van der Waals surface area contributed by atoms with Gasteiger partial charge in [0.05, 0.1) is 17.4 Å². The topological polar surface area (TPSA) is 106 Å². The number of amides is 1. The molecule has 0 saturated carbocycles. The minimum absolute atomic E-state index is 0.159. The van der Waals surface area contributed by atoms with Gasteiger partial charge in [-0.05, 0) is 49.2 Å². The van der Waals surface area contributed by atoms with E-state index in [0.29, 0.717) is 5.56 Å². The standard InChI is InChI=1S/C25H26N6O2/c1-15(2)24-28-14-29-31(24)21-10-19(22-7-5-16(3)12-26-22)9-20(11-21)25(33)30-17(4)18-6-8-23(32)27-13-18/h5-15,17H,1-4H3,(H,27,32)(H,30,33). The number of aromatic nitrogens is 5. The summed E-state index contributed by atoms with van der Waals surface area (Å²) in [4.78, 5) is 36.1. The van der Waals surface area contributed by atoms with Gasteiger partial charge in [0.25, 0.3) is 5.91 Å². The lowest BCUT2D eigenvalue weighted by Gasteiger charge is -2.16. The maximum atomic E-state index is 13.2. The summed E-state index contributed by atoms with van der Waals surface area (Å²) in [6.45, 7) is 7.94. The van der Waals surface area contributed by atoms with Crippen molar-refractivity contribution in [3.8, 4) is 16.9 Å². The maximum absolute atomic E-state index is 13.2. The lowest BCUT2D eigenvalue weighted by Crippen LogP contribution is -2.27. The molecule has 33 heavy (non-hydrogen) atoms. The van der Waals surface area contributed by atoms with Gasteiger partial charge < -0.3 is 10.3 Å². The van der Waals surface area contributed by atoms with Crippen LogP contribution in [-0.4, -0.2) is 30.6 Å². The second kappa shape index (κ2) is 9.20. The number of carbonyl (C=O) groups excluding carboxylic acids is 1. The number of hydrogen-bond acceptors (Lipinski definition) is 5. The molecule has 1 unspecified atom stereocenters. The number of aryl methyl sites for hydroxylation is 1. The second-order valence-electron chi connectivity index (χ2n) is 8.36. The number of pyridine rings is 2. The van der Waals surface area contributed by atoms with Crippen LogP contribution < -0.4 is 10.9 Å². The van der Waals surface area contributed by atoms with Crippen LogP contribution in [-0.2, 0) is 0 Å². The van der Waals surface area contributed by atoms with Gasteiger partial charge in [-0.1, -0.05) is 26.0 Å². The molecule has 4 rings (SSSR count). The van der Waals surface area contributed by atoms with Gasteiger partial charge in [-0.15, -0.1) is 0 Å². The fraction of sp³-hybridized carbons (Fsp3) is 0.240. The molecule has 0 aliphatic rings. The summed E-state index contributed by atoms with van der Waals surface area (Å²) >= 11 is 0. The van der Waals surface area contributed by atoms with E-state index in [0.717, 1.165) is 33.9 Å². The van der Waals surface area contributed by atoms with Crippen LogP contribution in [0.25, 0.3) is 16.9 Å². The third-order valence-corrected chi connectivity index (χ3v) is 5.38. The number of nitrogens with zero attached hydrogens (tertiary/aromatic N) is 4. The summed E-state index contributed by atoms with van der Waals surface area (Å²) < 4.78 is 1.75. The van der Waals surface area contributed by atoms with E-state index in [4.69, 9.17) is 0 Å². The van der Waals surface area contributed by atoms with Crippen molar-refractivity contribution in [3.63, 3.8) is 0 Å². The minimum atomic E-state index is -0.295. The first kappa shape index (κ1) is 22.1. The Bertz CT molecular complexity index is 1320. The highest BCUT2D eigenvalue weighted by atomic mass is 16.1. The summed E-state index contributed by atoms with van der Waals surface area (Å²) in [6, 6.07) is 12.3. The Morgan fingerprint density at radius 3 is 2.55 bits per heavy atom. The lowest BCUT2D eigenvalue weighted by atomic mass is 10.0. The first-order chi connectivity index (χ1) is 15.8. The van der Waals surface area contributed by atoms with Gasteiger partial charge in [-0.25, -0.2) is 9.67 Å². The van der Waals surface area contributed by atoms with Crippen molar-refractivity contribution < 1.29 is 4.79 Å². The van der Waals surface area contributed by atoms with E-state index in [2.05, 4.69) is 25.4 Å². The second-order valence-corrected chi connectivity index (χ2v) is 8.36. The third-order valence-electron chi connectivity index (χ3n) is 5.38. The van der Waals surface area contributed by atoms with E-state index in [1.54, 1.807) is 29.2 Å². The van der Waals surface area contributed by atoms with Crippen molar-refractivity contribution in [2.45, 2.75) is 39.7 Å². The molecule has 168 valence electrons. The van der Waals surface area contributed by atoms with Crippen LogP contribution in [0.1, 0.15) is 60.0 Å². The lowest BCUT2D eigenvalue weighted by molar-refractivity contribution is 0.0940. The minimum Gasteiger partial charge on any atom is -0.345 e. The maximum Gasteiger partial charge on any atom is 0.251 e. The Kier molecular flexibility index (Phi) is 6.17. The summed E-state index contributed by atoms with van der Waals surface area (Å²) in [5, 5.41) is 7.40. The predicted octanol–water partition coefficient (Wildman–Crippen LogP) is 3.94. The quantitative estimate of drug-likeness (QED) is 0.470. The monoisotopic (exact) mass is 442 g/mol. The fourth-order valence-corrected chi connectivity index (χ4v) is 3.55. The van der Waals surface area contributed by atoms with Crippen LogP contribution in [0.2, 0.25) is 0 Å². The van der Waals surface area contributed by atoms with Crippen molar-refractivity contribution in [1.29, 1.82) is 0 Å². The Hall–Kier alpha value is -4.07.